The molecule has 1 aromatic heterocycles. The van der Waals surface area contributed by atoms with Gasteiger partial charge in [-0.15, -0.1) is 0 Å². The zero-order chi connectivity index (χ0) is 19.2. The summed E-state index contributed by atoms with van der Waals surface area (Å²) in [5.74, 6) is 1.84. The molecule has 27 heavy (non-hydrogen) atoms. The van der Waals surface area contributed by atoms with Crippen LogP contribution in [-0.4, -0.2) is 53.7 Å². The van der Waals surface area contributed by atoms with Crippen LogP contribution in [-0.2, 0) is 4.74 Å². The van der Waals surface area contributed by atoms with E-state index in [1.165, 1.54) is 0 Å². The molecule has 3 rings (SSSR count). The second kappa shape index (κ2) is 9.04. The summed E-state index contributed by atoms with van der Waals surface area (Å²) in [6.07, 6.45) is 2.49. The Bertz CT molecular complexity index is 729. The summed E-state index contributed by atoms with van der Waals surface area (Å²) < 4.78 is 11.4. The van der Waals surface area contributed by atoms with E-state index in [1.54, 1.807) is 11.1 Å². The smallest absolute Gasteiger partial charge is 0.409 e. The monoisotopic (exact) mass is 371 g/mol. The van der Waals surface area contributed by atoms with Crippen LogP contribution in [0.2, 0.25) is 0 Å². The number of oxazole rings is 1. The molecule has 6 heteroatoms. The van der Waals surface area contributed by atoms with E-state index in [1.807, 2.05) is 44.2 Å². The maximum Gasteiger partial charge on any atom is 0.409 e. The van der Waals surface area contributed by atoms with Gasteiger partial charge in [0.05, 0.1) is 18.8 Å². The van der Waals surface area contributed by atoms with Crippen molar-refractivity contribution in [3.05, 3.63) is 42.4 Å². The molecule has 0 N–H and O–H groups in total. The number of carbonyl (C=O) groups is 1. The molecule has 1 aromatic carbocycles. The van der Waals surface area contributed by atoms with Gasteiger partial charge in [-0.3, -0.25) is 4.90 Å². The highest BCUT2D eigenvalue weighted by molar-refractivity contribution is 5.67. The van der Waals surface area contributed by atoms with Gasteiger partial charge >= 0.3 is 6.09 Å². The largest absolute Gasteiger partial charge is 0.449 e. The van der Waals surface area contributed by atoms with Crippen molar-refractivity contribution in [1.29, 1.82) is 0 Å². The van der Waals surface area contributed by atoms with E-state index in [0.717, 1.165) is 37.4 Å². The molecule has 0 radical (unpaired) electrons. The summed E-state index contributed by atoms with van der Waals surface area (Å²) in [6, 6.07) is 10.1. The highest BCUT2D eigenvalue weighted by atomic mass is 16.6. The molecule has 1 saturated heterocycles. The van der Waals surface area contributed by atoms with Gasteiger partial charge in [-0.1, -0.05) is 44.2 Å². The van der Waals surface area contributed by atoms with Crippen molar-refractivity contribution in [1.82, 2.24) is 14.8 Å². The Hall–Kier alpha value is -2.34. The summed E-state index contributed by atoms with van der Waals surface area (Å²) in [6.45, 7) is 9.72. The molecule has 0 bridgehead atoms. The van der Waals surface area contributed by atoms with Gasteiger partial charge in [0.15, 0.2) is 5.76 Å². The lowest BCUT2D eigenvalue weighted by Gasteiger charge is -2.25. The maximum atomic E-state index is 12.2. The van der Waals surface area contributed by atoms with Crippen molar-refractivity contribution in [2.75, 3.05) is 32.8 Å². The van der Waals surface area contributed by atoms with Gasteiger partial charge < -0.3 is 14.1 Å². The van der Waals surface area contributed by atoms with Crippen molar-refractivity contribution in [3.63, 3.8) is 0 Å². The van der Waals surface area contributed by atoms with E-state index in [4.69, 9.17) is 9.15 Å². The summed E-state index contributed by atoms with van der Waals surface area (Å²) in [5.41, 5.74) is 1.03. The van der Waals surface area contributed by atoms with E-state index in [0.29, 0.717) is 25.0 Å². The van der Waals surface area contributed by atoms with Gasteiger partial charge in [0, 0.05) is 31.7 Å². The third-order valence-electron chi connectivity index (χ3n) is 4.82. The van der Waals surface area contributed by atoms with Gasteiger partial charge in [0.2, 0.25) is 5.89 Å². The SMILES string of the molecule is CC(C)COC(=O)N1CCCN(C(C)c2ncc(-c3ccccc3)o2)CC1. The van der Waals surface area contributed by atoms with Crippen molar-refractivity contribution in [2.45, 2.75) is 33.2 Å². The molecule has 146 valence electrons. The first-order valence-electron chi connectivity index (χ1n) is 9.71. The molecule has 1 fully saturated rings. The summed E-state index contributed by atoms with van der Waals surface area (Å²) in [5, 5.41) is 0. The first-order valence-corrected chi connectivity index (χ1v) is 9.71. The van der Waals surface area contributed by atoms with Gasteiger partial charge in [-0.25, -0.2) is 9.78 Å². The lowest BCUT2D eigenvalue weighted by molar-refractivity contribution is 0.0921. The topological polar surface area (TPSA) is 58.8 Å². The fourth-order valence-corrected chi connectivity index (χ4v) is 3.21. The van der Waals surface area contributed by atoms with E-state index >= 15 is 0 Å². The van der Waals surface area contributed by atoms with Crippen LogP contribution in [0.1, 0.15) is 39.1 Å². The van der Waals surface area contributed by atoms with Crippen LogP contribution >= 0.6 is 0 Å². The number of aromatic nitrogens is 1. The predicted octanol–water partition coefficient (Wildman–Crippen LogP) is 4.20. The van der Waals surface area contributed by atoms with Gasteiger partial charge in [0.25, 0.3) is 0 Å². The zero-order valence-corrected chi connectivity index (χ0v) is 16.4. The Balaban J connectivity index is 1.59. The minimum atomic E-state index is -0.208. The van der Waals surface area contributed by atoms with Crippen molar-refractivity contribution >= 4 is 6.09 Å². The standard InChI is InChI=1S/C21H29N3O3/c1-16(2)15-26-21(25)24-11-7-10-23(12-13-24)17(3)20-22-14-19(27-20)18-8-5-4-6-9-18/h4-6,8-9,14,16-17H,7,10-13,15H2,1-3H3. The minimum absolute atomic E-state index is 0.0640. The normalized spacial score (nSPS) is 17.0. The van der Waals surface area contributed by atoms with Crippen molar-refractivity contribution in [3.8, 4) is 11.3 Å². The van der Waals surface area contributed by atoms with E-state index < -0.39 is 0 Å². The van der Waals surface area contributed by atoms with Crippen LogP contribution in [0, 0.1) is 5.92 Å². The van der Waals surface area contributed by atoms with Crippen LogP contribution in [0.3, 0.4) is 0 Å². The summed E-state index contributed by atoms with van der Waals surface area (Å²) in [7, 11) is 0. The summed E-state index contributed by atoms with van der Waals surface area (Å²) in [4.78, 5) is 20.8. The van der Waals surface area contributed by atoms with Gasteiger partial charge in [0.1, 0.15) is 0 Å². The van der Waals surface area contributed by atoms with Gasteiger partial charge in [-0.2, -0.15) is 0 Å². The van der Waals surface area contributed by atoms with E-state index in [2.05, 4.69) is 16.8 Å². The number of hydrogen-bond donors (Lipinski definition) is 0. The molecule has 6 nitrogen and oxygen atoms in total. The van der Waals surface area contributed by atoms with Crippen LogP contribution in [0.15, 0.2) is 40.9 Å². The molecule has 0 aliphatic carbocycles. The quantitative estimate of drug-likeness (QED) is 0.788. The molecule has 2 heterocycles. The molecular weight excluding hydrogens is 342 g/mol. The number of nitrogens with zero attached hydrogens (tertiary/aromatic N) is 3. The average Bonchev–Trinajstić information content (AvgIpc) is 3.04. The molecule has 1 aliphatic heterocycles. The van der Waals surface area contributed by atoms with E-state index in [9.17, 15) is 4.79 Å². The predicted molar refractivity (Wildman–Crippen MR) is 104 cm³/mol. The minimum Gasteiger partial charge on any atom is -0.449 e. The van der Waals surface area contributed by atoms with Crippen molar-refractivity contribution in [2.24, 2.45) is 5.92 Å². The highest BCUT2D eigenvalue weighted by Gasteiger charge is 2.26. The Kier molecular flexibility index (Phi) is 6.50. The number of rotatable bonds is 5. The van der Waals surface area contributed by atoms with Crippen LogP contribution in [0.25, 0.3) is 11.3 Å². The zero-order valence-electron chi connectivity index (χ0n) is 16.4. The van der Waals surface area contributed by atoms with Crippen LogP contribution in [0.5, 0.6) is 0 Å². The fraction of sp³-hybridized carbons (Fsp3) is 0.524. The first kappa shape index (κ1) is 19.4. The van der Waals surface area contributed by atoms with Crippen LogP contribution in [0.4, 0.5) is 4.79 Å². The lowest BCUT2D eigenvalue weighted by Crippen LogP contribution is -2.36. The third kappa shape index (κ3) is 5.10. The molecule has 1 atom stereocenters. The molecule has 2 aromatic rings. The molecule has 1 unspecified atom stereocenters. The van der Waals surface area contributed by atoms with Gasteiger partial charge in [-0.05, 0) is 19.3 Å². The Labute approximate surface area is 161 Å². The summed E-state index contributed by atoms with van der Waals surface area (Å²) >= 11 is 0. The number of benzene rings is 1. The molecular formula is C21H29N3O3. The molecule has 1 amide bonds. The van der Waals surface area contributed by atoms with Crippen LogP contribution < -0.4 is 0 Å². The molecule has 1 aliphatic rings. The third-order valence-corrected chi connectivity index (χ3v) is 4.82. The Morgan fingerprint density at radius 1 is 1.15 bits per heavy atom. The van der Waals surface area contributed by atoms with Crippen molar-refractivity contribution < 1.29 is 13.9 Å². The maximum absolute atomic E-state index is 12.2. The number of ether oxygens (including phenoxy) is 1. The second-order valence-electron chi connectivity index (χ2n) is 7.45. The number of hydrogen-bond acceptors (Lipinski definition) is 5. The highest BCUT2D eigenvalue weighted by Crippen LogP contribution is 2.26. The Morgan fingerprint density at radius 2 is 1.93 bits per heavy atom. The number of carbonyl (C=O) groups excluding carboxylic acids is 1. The molecule has 0 spiro atoms. The molecule has 0 saturated carbocycles. The Morgan fingerprint density at radius 3 is 2.67 bits per heavy atom. The fourth-order valence-electron chi connectivity index (χ4n) is 3.21. The second-order valence-corrected chi connectivity index (χ2v) is 7.45. The average molecular weight is 371 g/mol. The number of amides is 1. The van der Waals surface area contributed by atoms with E-state index in [-0.39, 0.29) is 12.1 Å². The first-order chi connectivity index (χ1) is 13.0. The lowest BCUT2D eigenvalue weighted by atomic mass is 10.2.